The van der Waals surface area contributed by atoms with Gasteiger partial charge in [0.2, 0.25) is 0 Å². The molecular weight excluding hydrogens is 336 g/mol. The van der Waals surface area contributed by atoms with Gasteiger partial charge in [0.1, 0.15) is 0 Å². The van der Waals surface area contributed by atoms with Gasteiger partial charge in [0.05, 0.1) is 17.4 Å². The molecule has 0 saturated carbocycles. The summed E-state index contributed by atoms with van der Waals surface area (Å²) in [5, 5.41) is 11.7. The zero-order valence-corrected chi connectivity index (χ0v) is 15.8. The van der Waals surface area contributed by atoms with E-state index < -0.39 is 0 Å². The number of aromatic nitrogens is 4. The Bertz CT molecular complexity index is 691. The van der Waals surface area contributed by atoms with Gasteiger partial charge in [0.25, 0.3) is 5.91 Å². The third-order valence-electron chi connectivity index (χ3n) is 4.74. The number of carbonyl (C=O) groups excluding carboxylic acids is 1. The predicted octanol–water partition coefficient (Wildman–Crippen LogP) is 1.89. The minimum Gasteiger partial charge on any atom is -0.340 e. The Balaban J connectivity index is 1.48. The van der Waals surface area contributed by atoms with Gasteiger partial charge in [-0.25, -0.2) is 4.98 Å². The monoisotopic (exact) mass is 362 g/mol. The Kier molecular flexibility index (Phi) is 6.14. The molecule has 1 atom stereocenters. The van der Waals surface area contributed by atoms with E-state index in [0.717, 1.165) is 31.6 Å². The minimum atomic E-state index is -0.0794. The first-order valence-corrected chi connectivity index (χ1v) is 9.79. The SMILES string of the molecule is Cc1ncsc1CCN(C)C(=O)c1cn(CC[C@@H]2CCCCN2)nn1. The summed E-state index contributed by atoms with van der Waals surface area (Å²) < 4.78 is 1.78. The van der Waals surface area contributed by atoms with Gasteiger partial charge in [0, 0.05) is 37.5 Å². The molecule has 1 saturated heterocycles. The number of carbonyl (C=O) groups is 1. The van der Waals surface area contributed by atoms with Crippen LogP contribution in [0.4, 0.5) is 0 Å². The molecule has 0 radical (unpaired) electrons. The van der Waals surface area contributed by atoms with E-state index in [0.29, 0.717) is 18.3 Å². The van der Waals surface area contributed by atoms with Gasteiger partial charge in [-0.15, -0.1) is 16.4 Å². The molecule has 1 aliphatic rings. The highest BCUT2D eigenvalue weighted by Crippen LogP contribution is 2.14. The molecular formula is C17H26N6OS. The Labute approximate surface area is 152 Å². The second-order valence-electron chi connectivity index (χ2n) is 6.64. The molecule has 1 fully saturated rings. The molecule has 2 aromatic heterocycles. The Morgan fingerprint density at radius 2 is 2.36 bits per heavy atom. The van der Waals surface area contributed by atoms with Gasteiger partial charge in [-0.1, -0.05) is 11.6 Å². The standard InChI is InChI=1S/C17H26N6OS/c1-13-16(25-12-19-13)7-9-22(2)17(24)15-11-23(21-20-15)10-6-14-5-3-4-8-18-14/h11-12,14,18H,3-10H2,1-2H3/t14-/m0/s1. The summed E-state index contributed by atoms with van der Waals surface area (Å²) >= 11 is 1.64. The molecule has 0 spiro atoms. The van der Waals surface area contributed by atoms with E-state index in [4.69, 9.17) is 0 Å². The van der Waals surface area contributed by atoms with Crippen LogP contribution in [0, 0.1) is 6.92 Å². The second-order valence-corrected chi connectivity index (χ2v) is 7.58. The molecule has 3 heterocycles. The van der Waals surface area contributed by atoms with Crippen molar-refractivity contribution in [3.63, 3.8) is 0 Å². The predicted molar refractivity (Wildman–Crippen MR) is 97.8 cm³/mol. The number of nitrogens with one attached hydrogen (secondary N) is 1. The summed E-state index contributed by atoms with van der Waals surface area (Å²) in [7, 11) is 1.81. The van der Waals surface area contributed by atoms with Crippen LogP contribution in [0.5, 0.6) is 0 Å². The van der Waals surface area contributed by atoms with Crippen molar-refractivity contribution in [1.82, 2.24) is 30.2 Å². The van der Waals surface area contributed by atoms with E-state index in [1.807, 2.05) is 19.5 Å². The van der Waals surface area contributed by atoms with E-state index in [1.165, 1.54) is 24.1 Å². The molecule has 2 aromatic rings. The largest absolute Gasteiger partial charge is 0.340 e. The third kappa shape index (κ3) is 4.85. The molecule has 3 rings (SSSR count). The zero-order valence-electron chi connectivity index (χ0n) is 14.9. The first-order chi connectivity index (χ1) is 12.1. The molecule has 1 aliphatic heterocycles. The second kappa shape index (κ2) is 8.53. The van der Waals surface area contributed by atoms with Crippen molar-refractivity contribution < 1.29 is 4.79 Å². The molecule has 25 heavy (non-hydrogen) atoms. The van der Waals surface area contributed by atoms with Crippen molar-refractivity contribution >= 4 is 17.2 Å². The Morgan fingerprint density at radius 1 is 1.48 bits per heavy atom. The molecule has 0 bridgehead atoms. The molecule has 1 N–H and O–H groups in total. The van der Waals surface area contributed by atoms with E-state index >= 15 is 0 Å². The summed E-state index contributed by atoms with van der Waals surface area (Å²) in [5.74, 6) is -0.0794. The number of piperidine rings is 1. The van der Waals surface area contributed by atoms with Crippen LogP contribution < -0.4 is 5.32 Å². The van der Waals surface area contributed by atoms with Crippen molar-refractivity contribution in [3.8, 4) is 0 Å². The first-order valence-electron chi connectivity index (χ1n) is 8.91. The lowest BCUT2D eigenvalue weighted by molar-refractivity contribution is 0.0791. The lowest BCUT2D eigenvalue weighted by Gasteiger charge is -2.23. The summed E-state index contributed by atoms with van der Waals surface area (Å²) in [6, 6.07) is 0.558. The number of thiazole rings is 1. The van der Waals surface area contributed by atoms with Gasteiger partial charge in [0.15, 0.2) is 5.69 Å². The van der Waals surface area contributed by atoms with Gasteiger partial charge >= 0.3 is 0 Å². The molecule has 8 heteroatoms. The van der Waals surface area contributed by atoms with Crippen LogP contribution in [0.1, 0.15) is 46.7 Å². The van der Waals surface area contributed by atoms with Crippen molar-refractivity contribution in [3.05, 3.63) is 28.0 Å². The summed E-state index contributed by atoms with van der Waals surface area (Å²) in [4.78, 5) is 19.7. The Morgan fingerprint density at radius 3 is 3.08 bits per heavy atom. The highest BCUT2D eigenvalue weighted by molar-refractivity contribution is 7.09. The van der Waals surface area contributed by atoms with E-state index in [9.17, 15) is 4.79 Å². The van der Waals surface area contributed by atoms with E-state index in [2.05, 4.69) is 20.6 Å². The van der Waals surface area contributed by atoms with Crippen LogP contribution in [-0.4, -0.2) is 57.0 Å². The number of nitrogens with zero attached hydrogens (tertiary/aromatic N) is 5. The average Bonchev–Trinajstić information content (AvgIpc) is 3.27. The van der Waals surface area contributed by atoms with Crippen LogP contribution in [-0.2, 0) is 13.0 Å². The molecule has 0 unspecified atom stereocenters. The normalized spacial score (nSPS) is 17.6. The number of likely N-dealkylation sites (N-methyl/N-ethyl adjacent to an activating group) is 1. The lowest BCUT2D eigenvalue weighted by atomic mass is 10.0. The maximum atomic E-state index is 12.5. The van der Waals surface area contributed by atoms with Crippen LogP contribution >= 0.6 is 11.3 Å². The molecule has 136 valence electrons. The summed E-state index contributed by atoms with van der Waals surface area (Å²) in [5.41, 5.74) is 3.31. The molecule has 1 amide bonds. The van der Waals surface area contributed by atoms with Crippen molar-refractivity contribution in [2.75, 3.05) is 20.1 Å². The van der Waals surface area contributed by atoms with Crippen molar-refractivity contribution in [2.24, 2.45) is 0 Å². The highest BCUT2D eigenvalue weighted by Gasteiger charge is 2.17. The minimum absolute atomic E-state index is 0.0794. The third-order valence-corrected chi connectivity index (χ3v) is 5.74. The fraction of sp³-hybridized carbons (Fsp3) is 0.647. The van der Waals surface area contributed by atoms with Crippen molar-refractivity contribution in [2.45, 2.75) is 51.6 Å². The van der Waals surface area contributed by atoms with Gasteiger partial charge in [-0.2, -0.15) is 0 Å². The number of hydrogen-bond acceptors (Lipinski definition) is 6. The van der Waals surface area contributed by atoms with E-state index in [1.54, 1.807) is 27.1 Å². The zero-order chi connectivity index (χ0) is 17.6. The maximum Gasteiger partial charge on any atom is 0.275 e. The number of aryl methyl sites for hydroxylation is 2. The van der Waals surface area contributed by atoms with E-state index in [-0.39, 0.29) is 5.91 Å². The summed E-state index contributed by atoms with van der Waals surface area (Å²) in [6.07, 6.45) is 7.40. The van der Waals surface area contributed by atoms with Gasteiger partial charge in [-0.3, -0.25) is 9.48 Å². The average molecular weight is 363 g/mol. The topological polar surface area (TPSA) is 75.9 Å². The maximum absolute atomic E-state index is 12.5. The van der Waals surface area contributed by atoms with Crippen LogP contribution in [0.25, 0.3) is 0 Å². The fourth-order valence-electron chi connectivity index (χ4n) is 3.10. The smallest absolute Gasteiger partial charge is 0.275 e. The van der Waals surface area contributed by atoms with Crippen LogP contribution in [0.3, 0.4) is 0 Å². The lowest BCUT2D eigenvalue weighted by Crippen LogP contribution is -2.34. The molecule has 0 aromatic carbocycles. The molecule has 7 nitrogen and oxygen atoms in total. The Hall–Kier alpha value is -1.80. The quantitative estimate of drug-likeness (QED) is 0.814. The van der Waals surface area contributed by atoms with Gasteiger partial charge < -0.3 is 10.2 Å². The highest BCUT2D eigenvalue weighted by atomic mass is 32.1. The van der Waals surface area contributed by atoms with Gasteiger partial charge in [-0.05, 0) is 32.7 Å². The van der Waals surface area contributed by atoms with Crippen LogP contribution in [0.15, 0.2) is 11.7 Å². The number of rotatable bonds is 7. The number of amides is 1. The van der Waals surface area contributed by atoms with Crippen LogP contribution in [0.2, 0.25) is 0 Å². The first kappa shape index (κ1) is 18.0. The van der Waals surface area contributed by atoms with Crippen molar-refractivity contribution in [1.29, 1.82) is 0 Å². The number of hydrogen-bond donors (Lipinski definition) is 1. The summed E-state index contributed by atoms with van der Waals surface area (Å²) in [6.45, 7) is 4.55. The molecule has 0 aliphatic carbocycles. The fourth-order valence-corrected chi connectivity index (χ4v) is 3.87.